The third kappa shape index (κ3) is 2.68. The van der Waals surface area contributed by atoms with E-state index in [0.29, 0.717) is 0 Å². The van der Waals surface area contributed by atoms with Crippen LogP contribution in [0.4, 0.5) is 0 Å². The van der Waals surface area contributed by atoms with Crippen molar-refractivity contribution >= 4 is 0 Å². The molecule has 3 aliphatic rings. The minimum absolute atomic E-state index is 0.770. The van der Waals surface area contributed by atoms with Gasteiger partial charge in [0, 0.05) is 25.2 Å². The molecule has 17 heavy (non-hydrogen) atoms. The van der Waals surface area contributed by atoms with Crippen LogP contribution in [0.5, 0.6) is 0 Å². The van der Waals surface area contributed by atoms with E-state index in [-0.39, 0.29) is 0 Å². The highest BCUT2D eigenvalue weighted by Gasteiger charge is 2.38. The van der Waals surface area contributed by atoms with Crippen LogP contribution < -0.4 is 5.32 Å². The van der Waals surface area contributed by atoms with Crippen molar-refractivity contribution in [3.8, 4) is 0 Å². The third-order valence-corrected chi connectivity index (χ3v) is 5.46. The summed E-state index contributed by atoms with van der Waals surface area (Å²) in [6, 6.07) is 1.63. The number of hydrogen-bond donors (Lipinski definition) is 1. The molecule has 2 heteroatoms. The Kier molecular flexibility index (Phi) is 3.45. The fraction of sp³-hybridized carbons (Fsp3) is 1.00. The normalized spacial score (nSPS) is 37.1. The molecular formula is C15H28N2. The SMILES string of the molecule is CC(CNC1CC1)C(C)N1CC2CCCC2C1. The van der Waals surface area contributed by atoms with E-state index in [0.717, 1.165) is 29.8 Å². The molecule has 2 aliphatic carbocycles. The van der Waals surface area contributed by atoms with Gasteiger partial charge in [0.1, 0.15) is 0 Å². The van der Waals surface area contributed by atoms with Crippen LogP contribution in [-0.2, 0) is 0 Å². The summed E-state index contributed by atoms with van der Waals surface area (Å²) in [5, 5.41) is 3.68. The summed E-state index contributed by atoms with van der Waals surface area (Å²) in [6.07, 6.45) is 7.32. The van der Waals surface area contributed by atoms with Gasteiger partial charge in [0.05, 0.1) is 0 Å². The van der Waals surface area contributed by atoms with E-state index >= 15 is 0 Å². The Morgan fingerprint density at radius 2 is 1.71 bits per heavy atom. The summed E-state index contributed by atoms with van der Waals surface area (Å²) in [7, 11) is 0. The van der Waals surface area contributed by atoms with Gasteiger partial charge in [-0.25, -0.2) is 0 Å². The highest BCUT2D eigenvalue weighted by atomic mass is 15.2. The van der Waals surface area contributed by atoms with Crippen molar-refractivity contribution in [2.24, 2.45) is 17.8 Å². The maximum atomic E-state index is 3.68. The molecule has 1 N–H and O–H groups in total. The minimum atomic E-state index is 0.770. The van der Waals surface area contributed by atoms with Crippen LogP contribution >= 0.6 is 0 Å². The molecule has 0 bridgehead atoms. The monoisotopic (exact) mass is 236 g/mol. The Morgan fingerprint density at radius 1 is 1.06 bits per heavy atom. The smallest absolute Gasteiger partial charge is 0.0105 e. The molecule has 0 amide bonds. The highest BCUT2D eigenvalue weighted by Crippen LogP contribution is 2.39. The summed E-state index contributed by atoms with van der Waals surface area (Å²) in [5.74, 6) is 2.89. The molecule has 0 radical (unpaired) electrons. The van der Waals surface area contributed by atoms with E-state index in [1.807, 2.05) is 0 Å². The molecule has 0 aromatic carbocycles. The third-order valence-electron chi connectivity index (χ3n) is 5.46. The Morgan fingerprint density at radius 3 is 2.29 bits per heavy atom. The van der Waals surface area contributed by atoms with Crippen LogP contribution in [-0.4, -0.2) is 36.6 Å². The largest absolute Gasteiger partial charge is 0.314 e. The average Bonchev–Trinajstić information content (AvgIpc) is 2.89. The molecule has 98 valence electrons. The molecule has 4 unspecified atom stereocenters. The molecule has 0 aromatic heterocycles. The standard InChI is InChI=1S/C15H28N2/c1-11(8-16-15-6-7-15)12(2)17-9-13-4-3-5-14(13)10-17/h11-16H,3-10H2,1-2H3. The van der Waals surface area contributed by atoms with Crippen LogP contribution in [0.1, 0.15) is 46.0 Å². The van der Waals surface area contributed by atoms with Gasteiger partial charge in [0.2, 0.25) is 0 Å². The molecule has 2 nitrogen and oxygen atoms in total. The fourth-order valence-electron chi connectivity index (χ4n) is 3.77. The van der Waals surface area contributed by atoms with Crippen molar-refractivity contribution in [1.82, 2.24) is 10.2 Å². The zero-order valence-electron chi connectivity index (χ0n) is 11.5. The Hall–Kier alpha value is -0.0800. The second kappa shape index (κ2) is 4.89. The summed E-state index contributed by atoms with van der Waals surface area (Å²) in [6.45, 7) is 8.87. The van der Waals surface area contributed by atoms with Gasteiger partial charge in [-0.1, -0.05) is 13.3 Å². The van der Waals surface area contributed by atoms with Crippen LogP contribution in [0.3, 0.4) is 0 Å². The van der Waals surface area contributed by atoms with Gasteiger partial charge in [0.25, 0.3) is 0 Å². The van der Waals surface area contributed by atoms with Crippen molar-refractivity contribution in [1.29, 1.82) is 0 Å². The molecule has 0 spiro atoms. The second-order valence-electron chi connectivity index (χ2n) is 6.81. The van der Waals surface area contributed by atoms with Crippen LogP contribution in [0, 0.1) is 17.8 Å². The van der Waals surface area contributed by atoms with Gasteiger partial charge in [-0.3, -0.25) is 4.90 Å². The zero-order chi connectivity index (χ0) is 11.8. The first-order valence-corrected chi connectivity index (χ1v) is 7.71. The minimum Gasteiger partial charge on any atom is -0.314 e. The lowest BCUT2D eigenvalue weighted by atomic mass is 10.0. The van der Waals surface area contributed by atoms with Crippen LogP contribution in [0.2, 0.25) is 0 Å². The maximum Gasteiger partial charge on any atom is 0.0105 e. The fourth-order valence-corrected chi connectivity index (χ4v) is 3.77. The van der Waals surface area contributed by atoms with Crippen molar-refractivity contribution in [3.05, 3.63) is 0 Å². The molecule has 1 heterocycles. The average molecular weight is 236 g/mol. The maximum absolute atomic E-state index is 3.68. The predicted octanol–water partition coefficient (Wildman–Crippen LogP) is 2.49. The molecule has 0 aromatic rings. The molecule has 1 saturated heterocycles. The summed E-state index contributed by atoms with van der Waals surface area (Å²) >= 11 is 0. The van der Waals surface area contributed by atoms with Crippen molar-refractivity contribution in [2.75, 3.05) is 19.6 Å². The van der Waals surface area contributed by atoms with Gasteiger partial charge in [-0.15, -0.1) is 0 Å². The zero-order valence-corrected chi connectivity index (χ0v) is 11.5. The summed E-state index contributed by atoms with van der Waals surface area (Å²) < 4.78 is 0. The number of hydrogen-bond acceptors (Lipinski definition) is 2. The molecule has 2 saturated carbocycles. The van der Waals surface area contributed by atoms with Crippen molar-refractivity contribution in [3.63, 3.8) is 0 Å². The van der Waals surface area contributed by atoms with Gasteiger partial charge in [0.15, 0.2) is 0 Å². The van der Waals surface area contributed by atoms with E-state index < -0.39 is 0 Å². The first-order valence-electron chi connectivity index (χ1n) is 7.71. The van der Waals surface area contributed by atoms with Gasteiger partial charge in [-0.05, 0) is 56.9 Å². The van der Waals surface area contributed by atoms with E-state index in [2.05, 4.69) is 24.1 Å². The number of likely N-dealkylation sites (tertiary alicyclic amines) is 1. The molecular weight excluding hydrogens is 208 g/mol. The van der Waals surface area contributed by atoms with E-state index in [9.17, 15) is 0 Å². The quantitative estimate of drug-likeness (QED) is 0.789. The second-order valence-corrected chi connectivity index (χ2v) is 6.81. The van der Waals surface area contributed by atoms with Crippen molar-refractivity contribution < 1.29 is 0 Å². The van der Waals surface area contributed by atoms with Gasteiger partial charge >= 0.3 is 0 Å². The highest BCUT2D eigenvalue weighted by molar-refractivity contribution is 4.92. The first-order chi connectivity index (χ1) is 8.24. The lowest BCUT2D eigenvalue weighted by Gasteiger charge is -2.30. The van der Waals surface area contributed by atoms with Crippen LogP contribution in [0.15, 0.2) is 0 Å². The van der Waals surface area contributed by atoms with E-state index in [1.165, 1.54) is 51.7 Å². The van der Waals surface area contributed by atoms with Gasteiger partial charge < -0.3 is 5.32 Å². The first kappa shape index (κ1) is 12.0. The Balaban J connectivity index is 1.46. The van der Waals surface area contributed by atoms with Crippen LogP contribution in [0.25, 0.3) is 0 Å². The Labute approximate surface area is 106 Å². The predicted molar refractivity (Wildman–Crippen MR) is 72.1 cm³/mol. The molecule has 3 rings (SSSR count). The van der Waals surface area contributed by atoms with Gasteiger partial charge in [-0.2, -0.15) is 0 Å². The molecule has 3 fully saturated rings. The number of rotatable bonds is 5. The van der Waals surface area contributed by atoms with E-state index in [4.69, 9.17) is 0 Å². The lowest BCUT2D eigenvalue weighted by Crippen LogP contribution is -2.40. The molecule has 4 atom stereocenters. The van der Waals surface area contributed by atoms with Crippen molar-refractivity contribution in [2.45, 2.75) is 58.0 Å². The number of nitrogens with one attached hydrogen (secondary N) is 1. The van der Waals surface area contributed by atoms with E-state index in [1.54, 1.807) is 0 Å². The topological polar surface area (TPSA) is 15.3 Å². The molecule has 1 aliphatic heterocycles. The number of fused-ring (bicyclic) bond motifs is 1. The summed E-state index contributed by atoms with van der Waals surface area (Å²) in [4.78, 5) is 2.77. The Bertz CT molecular complexity index is 250. The lowest BCUT2D eigenvalue weighted by molar-refractivity contribution is 0.182. The summed E-state index contributed by atoms with van der Waals surface area (Å²) in [5.41, 5.74) is 0. The number of nitrogens with zero attached hydrogens (tertiary/aromatic N) is 1.